The Morgan fingerprint density at radius 3 is 2.75 bits per heavy atom. The molecule has 2 heterocycles. The molecule has 1 unspecified atom stereocenters. The molecule has 1 aliphatic heterocycles. The number of rotatable bonds is 5. The van der Waals surface area contributed by atoms with E-state index in [9.17, 15) is 0 Å². The number of aromatic nitrogens is 2. The van der Waals surface area contributed by atoms with Crippen molar-refractivity contribution in [1.82, 2.24) is 9.97 Å². The zero-order valence-electron chi connectivity index (χ0n) is 13.3. The second-order valence-corrected chi connectivity index (χ2v) is 5.91. The smallest absolute Gasteiger partial charge is 0.135 e. The van der Waals surface area contributed by atoms with Crippen molar-refractivity contribution in [3.63, 3.8) is 0 Å². The van der Waals surface area contributed by atoms with Gasteiger partial charge in [0.2, 0.25) is 0 Å². The first-order chi connectivity index (χ1) is 9.65. The average molecular weight is 276 g/mol. The summed E-state index contributed by atoms with van der Waals surface area (Å²) >= 11 is 0. The van der Waals surface area contributed by atoms with Gasteiger partial charge >= 0.3 is 0 Å². The van der Waals surface area contributed by atoms with Gasteiger partial charge in [0.15, 0.2) is 0 Å². The van der Waals surface area contributed by atoms with Crippen LogP contribution in [-0.4, -0.2) is 29.1 Å². The van der Waals surface area contributed by atoms with Gasteiger partial charge in [0.25, 0.3) is 0 Å². The van der Waals surface area contributed by atoms with Gasteiger partial charge in [-0.2, -0.15) is 0 Å². The fraction of sp³-hybridized carbons (Fsp3) is 0.750. The van der Waals surface area contributed by atoms with E-state index in [1.807, 2.05) is 0 Å². The predicted octanol–water partition coefficient (Wildman–Crippen LogP) is 3.80. The Hall–Kier alpha value is -1.32. The molecule has 1 aliphatic rings. The van der Waals surface area contributed by atoms with Crippen LogP contribution in [0.25, 0.3) is 0 Å². The van der Waals surface area contributed by atoms with E-state index in [1.54, 1.807) is 0 Å². The molecule has 2 rings (SSSR count). The van der Waals surface area contributed by atoms with Crippen LogP contribution in [0.5, 0.6) is 0 Å². The van der Waals surface area contributed by atoms with Crippen molar-refractivity contribution in [3.05, 3.63) is 11.9 Å². The third kappa shape index (κ3) is 3.41. The lowest BCUT2D eigenvalue weighted by atomic mass is 10.00. The van der Waals surface area contributed by atoms with Crippen molar-refractivity contribution in [1.29, 1.82) is 0 Å². The maximum atomic E-state index is 4.81. The molecule has 1 aromatic heterocycles. The molecule has 112 valence electrons. The van der Waals surface area contributed by atoms with Crippen molar-refractivity contribution in [2.75, 3.05) is 23.3 Å². The Bertz CT molecular complexity index is 430. The van der Waals surface area contributed by atoms with Crippen molar-refractivity contribution in [2.45, 2.75) is 65.3 Å². The fourth-order valence-corrected chi connectivity index (χ4v) is 2.86. The van der Waals surface area contributed by atoms with E-state index in [0.717, 1.165) is 30.5 Å². The van der Waals surface area contributed by atoms with Crippen LogP contribution < -0.4 is 10.2 Å². The molecule has 0 spiro atoms. The molecule has 4 heteroatoms. The van der Waals surface area contributed by atoms with Crippen LogP contribution in [0.1, 0.15) is 65.1 Å². The molecule has 1 saturated heterocycles. The van der Waals surface area contributed by atoms with Crippen molar-refractivity contribution in [3.8, 4) is 0 Å². The molecule has 1 fully saturated rings. The highest BCUT2D eigenvalue weighted by molar-refractivity contribution is 5.50. The van der Waals surface area contributed by atoms with E-state index < -0.39 is 0 Å². The second kappa shape index (κ2) is 6.91. The largest absolute Gasteiger partial charge is 0.370 e. The summed E-state index contributed by atoms with van der Waals surface area (Å²) in [7, 11) is 0. The van der Waals surface area contributed by atoms with Gasteiger partial charge in [-0.15, -0.1) is 0 Å². The third-order valence-corrected chi connectivity index (χ3v) is 4.00. The van der Waals surface area contributed by atoms with Crippen LogP contribution in [-0.2, 0) is 0 Å². The fourth-order valence-electron chi connectivity index (χ4n) is 2.86. The lowest BCUT2D eigenvalue weighted by Gasteiger charge is -2.36. The minimum Gasteiger partial charge on any atom is -0.370 e. The molecule has 0 radical (unpaired) electrons. The number of nitrogens with zero attached hydrogens (tertiary/aromatic N) is 3. The number of nitrogens with one attached hydrogen (secondary N) is 1. The summed E-state index contributed by atoms with van der Waals surface area (Å²) in [5, 5.41) is 3.34. The lowest BCUT2D eigenvalue weighted by molar-refractivity contribution is 0.446. The Kier molecular flexibility index (Phi) is 5.21. The molecule has 1 aromatic rings. The minimum absolute atomic E-state index is 0.359. The van der Waals surface area contributed by atoms with Gasteiger partial charge in [-0.05, 0) is 32.6 Å². The topological polar surface area (TPSA) is 41.0 Å². The first-order valence-electron chi connectivity index (χ1n) is 8.05. The van der Waals surface area contributed by atoms with Gasteiger partial charge in [0.05, 0.1) is 0 Å². The monoisotopic (exact) mass is 276 g/mol. The molecular formula is C16H28N4. The maximum Gasteiger partial charge on any atom is 0.135 e. The average Bonchev–Trinajstić information content (AvgIpc) is 2.47. The molecule has 20 heavy (non-hydrogen) atoms. The molecule has 1 N–H and O–H groups in total. The number of anilines is 2. The van der Waals surface area contributed by atoms with E-state index >= 15 is 0 Å². The standard InChI is InChI=1S/C16H28N4/c1-5-13-9-7-8-10-20(13)15-11-14(17-6-2)18-16(19-15)12(3)4/h11-13H,5-10H2,1-4H3,(H,17,18,19). The molecule has 4 nitrogen and oxygen atoms in total. The van der Waals surface area contributed by atoms with Gasteiger partial charge in [-0.25, -0.2) is 9.97 Å². The Labute approximate surface area is 123 Å². The van der Waals surface area contributed by atoms with Crippen LogP contribution in [0.4, 0.5) is 11.6 Å². The summed E-state index contributed by atoms with van der Waals surface area (Å²) in [6.07, 6.45) is 5.09. The number of piperidine rings is 1. The summed E-state index contributed by atoms with van der Waals surface area (Å²) in [5.74, 6) is 3.36. The molecule has 0 bridgehead atoms. The first kappa shape index (κ1) is 15.1. The van der Waals surface area contributed by atoms with Crippen LogP contribution in [0.3, 0.4) is 0 Å². The van der Waals surface area contributed by atoms with Crippen molar-refractivity contribution >= 4 is 11.6 Å². The molecule has 0 aromatic carbocycles. The predicted molar refractivity (Wildman–Crippen MR) is 85.6 cm³/mol. The second-order valence-electron chi connectivity index (χ2n) is 5.91. The third-order valence-electron chi connectivity index (χ3n) is 4.00. The van der Waals surface area contributed by atoms with Gasteiger partial charge in [-0.3, -0.25) is 0 Å². The Morgan fingerprint density at radius 1 is 1.30 bits per heavy atom. The van der Waals surface area contributed by atoms with Crippen LogP contribution in [0, 0.1) is 0 Å². The highest BCUT2D eigenvalue weighted by Gasteiger charge is 2.23. The molecule has 0 saturated carbocycles. The normalized spacial score (nSPS) is 19.4. The van der Waals surface area contributed by atoms with Crippen molar-refractivity contribution in [2.24, 2.45) is 0 Å². The van der Waals surface area contributed by atoms with E-state index in [2.05, 4.69) is 49.0 Å². The Morgan fingerprint density at radius 2 is 2.10 bits per heavy atom. The zero-order chi connectivity index (χ0) is 14.5. The van der Waals surface area contributed by atoms with Crippen LogP contribution in [0.2, 0.25) is 0 Å². The molecule has 0 amide bonds. The summed E-state index contributed by atoms with van der Waals surface area (Å²) in [6.45, 7) is 10.7. The van der Waals surface area contributed by atoms with E-state index in [1.165, 1.54) is 25.7 Å². The SMILES string of the molecule is CCNc1cc(N2CCCCC2CC)nc(C(C)C)n1. The van der Waals surface area contributed by atoms with Gasteiger partial charge in [-0.1, -0.05) is 20.8 Å². The number of hydrogen-bond acceptors (Lipinski definition) is 4. The molecule has 0 aliphatic carbocycles. The van der Waals surface area contributed by atoms with E-state index in [-0.39, 0.29) is 0 Å². The molecular weight excluding hydrogens is 248 g/mol. The van der Waals surface area contributed by atoms with Crippen LogP contribution >= 0.6 is 0 Å². The minimum atomic E-state index is 0.359. The Balaban J connectivity index is 2.32. The lowest BCUT2D eigenvalue weighted by Crippen LogP contribution is -2.39. The highest BCUT2D eigenvalue weighted by atomic mass is 15.2. The maximum absolute atomic E-state index is 4.81. The summed E-state index contributed by atoms with van der Waals surface area (Å²) in [5.41, 5.74) is 0. The summed E-state index contributed by atoms with van der Waals surface area (Å²) in [6, 6.07) is 2.75. The van der Waals surface area contributed by atoms with Crippen LogP contribution in [0.15, 0.2) is 6.07 Å². The van der Waals surface area contributed by atoms with Crippen molar-refractivity contribution < 1.29 is 0 Å². The van der Waals surface area contributed by atoms with E-state index in [4.69, 9.17) is 4.98 Å². The quantitative estimate of drug-likeness (QED) is 0.888. The summed E-state index contributed by atoms with van der Waals surface area (Å²) < 4.78 is 0. The first-order valence-corrected chi connectivity index (χ1v) is 8.05. The number of hydrogen-bond donors (Lipinski definition) is 1. The molecule has 1 atom stereocenters. The summed E-state index contributed by atoms with van der Waals surface area (Å²) in [4.78, 5) is 11.9. The van der Waals surface area contributed by atoms with Gasteiger partial charge in [0, 0.05) is 31.1 Å². The highest BCUT2D eigenvalue weighted by Crippen LogP contribution is 2.27. The van der Waals surface area contributed by atoms with Gasteiger partial charge in [0.1, 0.15) is 17.5 Å². The van der Waals surface area contributed by atoms with Gasteiger partial charge < -0.3 is 10.2 Å². The van der Waals surface area contributed by atoms with E-state index in [0.29, 0.717) is 12.0 Å². The zero-order valence-corrected chi connectivity index (χ0v) is 13.3.